The molecule has 0 aromatic carbocycles. The van der Waals surface area contributed by atoms with Gasteiger partial charge in [-0.15, -0.1) is 0 Å². The molecular weight excluding hydrogens is 230 g/mol. The van der Waals surface area contributed by atoms with Gasteiger partial charge in [-0.05, 0) is 19.3 Å². The van der Waals surface area contributed by atoms with Gasteiger partial charge >= 0.3 is 0 Å². The molecule has 2 unspecified atom stereocenters. The Kier molecular flexibility index (Phi) is 4.02. The van der Waals surface area contributed by atoms with Gasteiger partial charge in [-0.3, -0.25) is 0 Å². The highest BCUT2D eigenvalue weighted by molar-refractivity contribution is 4.99. The van der Waals surface area contributed by atoms with E-state index >= 15 is 0 Å². The van der Waals surface area contributed by atoms with E-state index in [1.807, 2.05) is 11.6 Å². The van der Waals surface area contributed by atoms with E-state index in [4.69, 9.17) is 4.74 Å². The van der Waals surface area contributed by atoms with E-state index in [1.165, 1.54) is 0 Å². The molecule has 1 N–H and O–H groups in total. The second-order valence-electron chi connectivity index (χ2n) is 5.71. The lowest BCUT2D eigenvalue weighted by Gasteiger charge is -2.29. The number of hydrogen-bond donors (Lipinski definition) is 1. The lowest BCUT2D eigenvalue weighted by molar-refractivity contribution is 0.0253. The van der Waals surface area contributed by atoms with E-state index in [0.717, 1.165) is 31.8 Å². The molecule has 0 spiro atoms. The van der Waals surface area contributed by atoms with Crippen molar-refractivity contribution in [3.05, 3.63) is 12.2 Å². The van der Waals surface area contributed by atoms with Gasteiger partial charge in [0.1, 0.15) is 12.2 Å². The van der Waals surface area contributed by atoms with E-state index in [1.54, 1.807) is 6.33 Å². The fourth-order valence-corrected chi connectivity index (χ4v) is 2.55. The lowest BCUT2D eigenvalue weighted by atomic mass is 9.79. The average Bonchev–Trinajstić information content (AvgIpc) is 2.88. The van der Waals surface area contributed by atoms with Crippen molar-refractivity contribution in [2.45, 2.75) is 46.3 Å². The summed E-state index contributed by atoms with van der Waals surface area (Å²) in [6, 6.07) is 0. The molecule has 1 aliphatic rings. The first-order chi connectivity index (χ1) is 8.57. The summed E-state index contributed by atoms with van der Waals surface area (Å²) in [5, 5.41) is 14.0. The number of aromatic nitrogens is 3. The Morgan fingerprint density at radius 2 is 2.39 bits per heavy atom. The number of aliphatic hydroxyl groups excluding tert-OH is 1. The molecular formula is C13H23N3O2. The third-order valence-corrected chi connectivity index (χ3v) is 3.89. The highest BCUT2D eigenvalue weighted by Crippen LogP contribution is 2.37. The minimum atomic E-state index is -0.193. The molecule has 0 saturated carbocycles. The zero-order valence-electron chi connectivity index (χ0n) is 11.5. The molecule has 102 valence electrons. The van der Waals surface area contributed by atoms with Crippen molar-refractivity contribution in [3.63, 3.8) is 0 Å². The van der Waals surface area contributed by atoms with Crippen LogP contribution in [0.1, 0.15) is 33.0 Å². The van der Waals surface area contributed by atoms with Crippen LogP contribution in [0.2, 0.25) is 0 Å². The number of aliphatic hydroxyl groups is 1. The molecule has 0 amide bonds. The van der Waals surface area contributed by atoms with Gasteiger partial charge in [0.2, 0.25) is 0 Å². The zero-order chi connectivity index (χ0) is 13.2. The number of rotatable bonds is 5. The lowest BCUT2D eigenvalue weighted by Crippen LogP contribution is -2.36. The summed E-state index contributed by atoms with van der Waals surface area (Å²) in [7, 11) is 0. The third kappa shape index (κ3) is 2.57. The van der Waals surface area contributed by atoms with Crippen LogP contribution in [0.15, 0.2) is 6.33 Å². The molecule has 0 aliphatic carbocycles. The van der Waals surface area contributed by atoms with Crippen LogP contribution in [0.3, 0.4) is 0 Å². The summed E-state index contributed by atoms with van der Waals surface area (Å²) >= 11 is 0. The molecule has 1 fully saturated rings. The molecule has 2 heterocycles. The molecule has 1 aliphatic heterocycles. The van der Waals surface area contributed by atoms with E-state index in [-0.39, 0.29) is 18.1 Å². The van der Waals surface area contributed by atoms with Gasteiger partial charge in [0.25, 0.3) is 0 Å². The van der Waals surface area contributed by atoms with E-state index < -0.39 is 0 Å². The topological polar surface area (TPSA) is 60.2 Å². The summed E-state index contributed by atoms with van der Waals surface area (Å²) in [5.41, 5.74) is -0.193. The second-order valence-corrected chi connectivity index (χ2v) is 5.71. The SMILES string of the molecule is CC(C)Cn1ncnc1CC1(CO)CCOC1C. The Morgan fingerprint density at radius 3 is 2.94 bits per heavy atom. The van der Waals surface area contributed by atoms with Crippen LogP contribution in [0.4, 0.5) is 0 Å². The molecule has 2 atom stereocenters. The number of hydrogen-bond acceptors (Lipinski definition) is 4. The van der Waals surface area contributed by atoms with E-state index in [9.17, 15) is 5.11 Å². The Morgan fingerprint density at radius 1 is 1.61 bits per heavy atom. The van der Waals surface area contributed by atoms with Crippen LogP contribution in [0.5, 0.6) is 0 Å². The van der Waals surface area contributed by atoms with Gasteiger partial charge < -0.3 is 9.84 Å². The summed E-state index contributed by atoms with van der Waals surface area (Å²) in [4.78, 5) is 4.35. The van der Waals surface area contributed by atoms with Gasteiger partial charge in [0, 0.05) is 25.0 Å². The van der Waals surface area contributed by atoms with Crippen molar-refractivity contribution < 1.29 is 9.84 Å². The molecule has 1 saturated heterocycles. The Hall–Kier alpha value is -0.940. The quantitative estimate of drug-likeness (QED) is 0.858. The van der Waals surface area contributed by atoms with Gasteiger partial charge in [-0.1, -0.05) is 13.8 Å². The van der Waals surface area contributed by atoms with Crippen molar-refractivity contribution in [2.24, 2.45) is 11.3 Å². The summed E-state index contributed by atoms with van der Waals surface area (Å²) < 4.78 is 7.56. The number of nitrogens with zero attached hydrogens (tertiary/aromatic N) is 3. The molecule has 0 bridgehead atoms. The largest absolute Gasteiger partial charge is 0.396 e. The average molecular weight is 253 g/mol. The minimum Gasteiger partial charge on any atom is -0.396 e. The maximum absolute atomic E-state index is 9.72. The number of ether oxygens (including phenoxy) is 1. The first-order valence-corrected chi connectivity index (χ1v) is 6.66. The van der Waals surface area contributed by atoms with Gasteiger partial charge in [-0.25, -0.2) is 9.67 Å². The van der Waals surface area contributed by atoms with Crippen molar-refractivity contribution in [1.82, 2.24) is 14.8 Å². The molecule has 2 rings (SSSR count). The minimum absolute atomic E-state index is 0.0756. The van der Waals surface area contributed by atoms with E-state index in [2.05, 4.69) is 23.9 Å². The summed E-state index contributed by atoms with van der Waals surface area (Å²) in [5.74, 6) is 1.49. The molecule has 1 aromatic heterocycles. The first kappa shape index (κ1) is 13.5. The second kappa shape index (κ2) is 5.36. The fourth-order valence-electron chi connectivity index (χ4n) is 2.55. The Labute approximate surface area is 108 Å². The van der Waals surface area contributed by atoms with Crippen LogP contribution in [0, 0.1) is 11.3 Å². The molecule has 5 nitrogen and oxygen atoms in total. The van der Waals surface area contributed by atoms with Gasteiger partial charge in [0.05, 0.1) is 12.7 Å². The normalized spacial score (nSPS) is 28.2. The molecule has 5 heteroatoms. The Balaban J connectivity index is 2.15. The monoisotopic (exact) mass is 253 g/mol. The van der Waals surface area contributed by atoms with Crippen molar-refractivity contribution in [3.8, 4) is 0 Å². The predicted molar refractivity (Wildman–Crippen MR) is 68.1 cm³/mol. The van der Waals surface area contributed by atoms with Gasteiger partial charge in [0.15, 0.2) is 0 Å². The summed E-state index contributed by atoms with van der Waals surface area (Å²) in [6.07, 6.45) is 3.30. The highest BCUT2D eigenvalue weighted by Gasteiger charge is 2.42. The first-order valence-electron chi connectivity index (χ1n) is 6.66. The predicted octanol–water partition coefficient (Wildman–Crippen LogP) is 1.26. The summed E-state index contributed by atoms with van der Waals surface area (Å²) in [6.45, 7) is 8.09. The van der Waals surface area contributed by atoms with Crippen molar-refractivity contribution >= 4 is 0 Å². The van der Waals surface area contributed by atoms with Crippen LogP contribution >= 0.6 is 0 Å². The molecule has 18 heavy (non-hydrogen) atoms. The molecule has 1 aromatic rings. The van der Waals surface area contributed by atoms with Crippen LogP contribution in [-0.4, -0.2) is 39.2 Å². The van der Waals surface area contributed by atoms with Crippen molar-refractivity contribution in [2.75, 3.05) is 13.2 Å². The van der Waals surface area contributed by atoms with Crippen LogP contribution in [-0.2, 0) is 17.7 Å². The smallest absolute Gasteiger partial charge is 0.138 e. The third-order valence-electron chi connectivity index (χ3n) is 3.89. The van der Waals surface area contributed by atoms with Crippen LogP contribution < -0.4 is 0 Å². The maximum Gasteiger partial charge on any atom is 0.138 e. The Bertz CT molecular complexity index is 391. The standard InChI is InChI=1S/C13H23N3O2/c1-10(2)7-16-12(14-9-15-16)6-13(8-17)4-5-18-11(13)3/h9-11,17H,4-8H2,1-3H3. The van der Waals surface area contributed by atoms with E-state index in [0.29, 0.717) is 5.92 Å². The van der Waals surface area contributed by atoms with Crippen molar-refractivity contribution in [1.29, 1.82) is 0 Å². The van der Waals surface area contributed by atoms with Crippen LogP contribution in [0.25, 0.3) is 0 Å². The fraction of sp³-hybridized carbons (Fsp3) is 0.846. The zero-order valence-corrected chi connectivity index (χ0v) is 11.5. The highest BCUT2D eigenvalue weighted by atomic mass is 16.5. The van der Waals surface area contributed by atoms with Gasteiger partial charge in [-0.2, -0.15) is 5.10 Å². The molecule has 0 radical (unpaired) electrons. The maximum atomic E-state index is 9.72.